The van der Waals surface area contributed by atoms with Crippen molar-refractivity contribution in [3.05, 3.63) is 29.8 Å². The monoisotopic (exact) mass is 282 g/mol. The average Bonchev–Trinajstić information content (AvgIpc) is 2.40. The largest absolute Gasteiger partial charge is 0.302 e. The van der Waals surface area contributed by atoms with Crippen LogP contribution in [-0.2, 0) is 14.8 Å². The second-order valence-corrected chi connectivity index (χ2v) is 6.62. The Labute approximate surface area is 113 Å². The number of carbonyl (C=O) groups excluding carboxylic acids is 1. The lowest BCUT2D eigenvalue weighted by Gasteiger charge is -2.32. The summed E-state index contributed by atoms with van der Waals surface area (Å²) < 4.78 is 26.3. The fraction of sp³-hybridized carbons (Fsp3) is 0.462. The van der Waals surface area contributed by atoms with Gasteiger partial charge in [-0.15, -0.1) is 0 Å². The summed E-state index contributed by atoms with van der Waals surface area (Å²) in [4.78, 5) is 12.7. The van der Waals surface area contributed by atoms with Crippen LogP contribution in [0.1, 0.15) is 5.56 Å². The Morgan fingerprint density at radius 3 is 2.21 bits per heavy atom. The number of hydrogen-bond acceptors (Lipinski definition) is 4. The van der Waals surface area contributed by atoms with E-state index in [2.05, 4.69) is 0 Å². The molecule has 0 saturated carbocycles. The van der Waals surface area contributed by atoms with E-state index in [1.165, 1.54) is 4.31 Å². The molecule has 0 aromatic heterocycles. The molecule has 6 heteroatoms. The summed E-state index contributed by atoms with van der Waals surface area (Å²) in [5.41, 5.74) is 1.04. The molecule has 1 aliphatic rings. The molecule has 0 amide bonds. The maximum Gasteiger partial charge on any atom is 0.243 e. The van der Waals surface area contributed by atoms with Crippen molar-refractivity contribution in [1.29, 1.82) is 0 Å². The van der Waals surface area contributed by atoms with E-state index < -0.39 is 10.0 Å². The summed E-state index contributed by atoms with van der Waals surface area (Å²) in [7, 11) is -3.40. The van der Waals surface area contributed by atoms with Crippen LogP contribution in [0.4, 0.5) is 0 Å². The third-order valence-electron chi connectivity index (χ3n) is 3.32. The zero-order valence-electron chi connectivity index (χ0n) is 10.9. The number of sulfonamides is 1. The van der Waals surface area contributed by atoms with Gasteiger partial charge in [-0.25, -0.2) is 8.42 Å². The number of aryl methyl sites for hydroxylation is 1. The minimum absolute atomic E-state index is 0.335. The van der Waals surface area contributed by atoms with Crippen molar-refractivity contribution >= 4 is 16.3 Å². The quantitative estimate of drug-likeness (QED) is 0.755. The number of carbonyl (C=O) groups is 1. The van der Waals surface area contributed by atoms with E-state index in [9.17, 15) is 13.2 Å². The molecule has 0 aliphatic carbocycles. The Morgan fingerprint density at radius 1 is 1.11 bits per heavy atom. The highest BCUT2D eigenvalue weighted by Gasteiger charge is 2.27. The first kappa shape index (κ1) is 14.2. The average molecular weight is 282 g/mol. The van der Waals surface area contributed by atoms with E-state index in [4.69, 9.17) is 0 Å². The van der Waals surface area contributed by atoms with Gasteiger partial charge in [0.2, 0.25) is 10.0 Å². The third kappa shape index (κ3) is 3.20. The van der Waals surface area contributed by atoms with Gasteiger partial charge in [-0.2, -0.15) is 4.31 Å². The molecule has 0 atom stereocenters. The molecule has 0 N–H and O–H groups in total. The van der Waals surface area contributed by atoms with Gasteiger partial charge in [0.05, 0.1) is 11.4 Å². The molecule has 1 heterocycles. The molecule has 104 valence electrons. The fourth-order valence-corrected chi connectivity index (χ4v) is 3.54. The van der Waals surface area contributed by atoms with Crippen LogP contribution in [0.25, 0.3) is 0 Å². The molecular weight excluding hydrogens is 264 g/mol. The summed E-state index contributed by atoms with van der Waals surface area (Å²) in [5, 5.41) is 0. The SMILES string of the molecule is Cc1ccc(S(=O)(=O)N2CCN(CC=O)CC2)cc1. The molecule has 19 heavy (non-hydrogen) atoms. The second-order valence-electron chi connectivity index (χ2n) is 4.68. The van der Waals surface area contributed by atoms with Crippen molar-refractivity contribution in [2.75, 3.05) is 32.7 Å². The van der Waals surface area contributed by atoms with Gasteiger partial charge in [0, 0.05) is 26.2 Å². The van der Waals surface area contributed by atoms with Crippen molar-refractivity contribution in [2.24, 2.45) is 0 Å². The zero-order valence-corrected chi connectivity index (χ0v) is 11.8. The maximum atomic E-state index is 12.4. The van der Waals surface area contributed by atoms with Crippen molar-refractivity contribution in [3.8, 4) is 0 Å². The molecule has 0 bridgehead atoms. The lowest BCUT2D eigenvalue weighted by atomic mass is 10.2. The van der Waals surface area contributed by atoms with Gasteiger partial charge in [0.1, 0.15) is 6.29 Å². The van der Waals surface area contributed by atoms with E-state index in [1.54, 1.807) is 24.3 Å². The zero-order chi connectivity index (χ0) is 13.9. The number of piperazine rings is 1. The van der Waals surface area contributed by atoms with Gasteiger partial charge in [0.15, 0.2) is 0 Å². The van der Waals surface area contributed by atoms with Gasteiger partial charge in [-0.1, -0.05) is 17.7 Å². The van der Waals surface area contributed by atoms with E-state index in [1.807, 2.05) is 11.8 Å². The highest BCUT2D eigenvalue weighted by atomic mass is 32.2. The van der Waals surface area contributed by atoms with Gasteiger partial charge >= 0.3 is 0 Å². The summed E-state index contributed by atoms with van der Waals surface area (Å²) in [6.07, 6.45) is 0.851. The molecule has 0 spiro atoms. The molecule has 1 fully saturated rings. The number of nitrogens with zero attached hydrogens (tertiary/aromatic N) is 2. The minimum Gasteiger partial charge on any atom is -0.302 e. The predicted molar refractivity (Wildman–Crippen MR) is 72.4 cm³/mol. The molecule has 0 unspecified atom stereocenters. The number of aldehydes is 1. The van der Waals surface area contributed by atoms with E-state index >= 15 is 0 Å². The summed E-state index contributed by atoms with van der Waals surface area (Å²) >= 11 is 0. The van der Waals surface area contributed by atoms with Crippen LogP contribution >= 0.6 is 0 Å². The van der Waals surface area contributed by atoms with Gasteiger partial charge in [-0.05, 0) is 19.1 Å². The molecule has 1 aliphatic heterocycles. The number of rotatable bonds is 4. The third-order valence-corrected chi connectivity index (χ3v) is 5.24. The van der Waals surface area contributed by atoms with E-state index in [0.717, 1.165) is 11.8 Å². The highest BCUT2D eigenvalue weighted by molar-refractivity contribution is 7.89. The predicted octanol–water partition coefficient (Wildman–Crippen LogP) is 0.500. The van der Waals surface area contributed by atoms with Crippen molar-refractivity contribution < 1.29 is 13.2 Å². The summed E-state index contributed by atoms with van der Waals surface area (Å²) in [6, 6.07) is 6.88. The summed E-state index contributed by atoms with van der Waals surface area (Å²) in [5.74, 6) is 0. The van der Waals surface area contributed by atoms with Crippen molar-refractivity contribution in [2.45, 2.75) is 11.8 Å². The van der Waals surface area contributed by atoms with E-state index in [-0.39, 0.29) is 0 Å². The normalized spacial score (nSPS) is 18.4. The lowest BCUT2D eigenvalue weighted by molar-refractivity contribution is -0.109. The lowest BCUT2D eigenvalue weighted by Crippen LogP contribution is -2.48. The molecule has 1 aromatic carbocycles. The first-order valence-electron chi connectivity index (χ1n) is 6.27. The van der Waals surface area contributed by atoms with Gasteiger partial charge < -0.3 is 4.79 Å². The Hall–Kier alpha value is -1.24. The maximum absolute atomic E-state index is 12.4. The van der Waals surface area contributed by atoms with Gasteiger partial charge in [0.25, 0.3) is 0 Å². The molecule has 2 rings (SSSR count). The van der Waals surface area contributed by atoms with Gasteiger partial charge in [-0.3, -0.25) is 4.90 Å². The fourth-order valence-electron chi connectivity index (χ4n) is 2.12. The molecule has 1 saturated heterocycles. The Balaban J connectivity index is 2.09. The molecule has 0 radical (unpaired) electrons. The van der Waals surface area contributed by atoms with Crippen molar-refractivity contribution in [3.63, 3.8) is 0 Å². The smallest absolute Gasteiger partial charge is 0.243 e. The van der Waals surface area contributed by atoms with Crippen LogP contribution in [0, 0.1) is 6.92 Å². The number of hydrogen-bond donors (Lipinski definition) is 0. The van der Waals surface area contributed by atoms with E-state index in [0.29, 0.717) is 37.6 Å². The Kier molecular flexibility index (Phi) is 4.34. The number of benzene rings is 1. The van der Waals surface area contributed by atoms with Crippen LogP contribution in [0.5, 0.6) is 0 Å². The molecule has 1 aromatic rings. The van der Waals surface area contributed by atoms with Crippen LogP contribution in [0.3, 0.4) is 0 Å². The van der Waals surface area contributed by atoms with Crippen LogP contribution in [0.2, 0.25) is 0 Å². The minimum atomic E-state index is -3.40. The Morgan fingerprint density at radius 2 is 1.68 bits per heavy atom. The summed E-state index contributed by atoms with van der Waals surface area (Å²) in [6.45, 7) is 4.37. The first-order valence-corrected chi connectivity index (χ1v) is 7.71. The van der Waals surface area contributed by atoms with Crippen LogP contribution < -0.4 is 0 Å². The van der Waals surface area contributed by atoms with Crippen LogP contribution in [0.15, 0.2) is 29.2 Å². The first-order chi connectivity index (χ1) is 9.04. The second kappa shape index (κ2) is 5.81. The van der Waals surface area contributed by atoms with Crippen LogP contribution in [-0.4, -0.2) is 56.6 Å². The highest BCUT2D eigenvalue weighted by Crippen LogP contribution is 2.17. The molecule has 5 nitrogen and oxygen atoms in total. The van der Waals surface area contributed by atoms with Crippen molar-refractivity contribution in [1.82, 2.24) is 9.21 Å². The standard InChI is InChI=1S/C13H18N2O3S/c1-12-2-4-13(5-3-12)19(17,18)15-8-6-14(7-9-15)10-11-16/h2-5,11H,6-10H2,1H3. The Bertz CT molecular complexity index is 532. The molecular formula is C13H18N2O3S. The topological polar surface area (TPSA) is 57.7 Å².